The Labute approximate surface area is 185 Å². The van der Waals surface area contributed by atoms with E-state index in [4.69, 9.17) is 4.74 Å². The minimum absolute atomic E-state index is 0.568. The molecule has 3 aromatic rings. The number of aromatic nitrogens is 1. The molecule has 2 heterocycles. The van der Waals surface area contributed by atoms with Crippen molar-refractivity contribution >= 4 is 17.8 Å². The number of fused-ring (bicyclic) bond motifs is 1. The van der Waals surface area contributed by atoms with Crippen LogP contribution in [0, 0.1) is 6.92 Å². The summed E-state index contributed by atoms with van der Waals surface area (Å²) < 4.78 is 45.2. The van der Waals surface area contributed by atoms with Gasteiger partial charge in [0.05, 0.1) is 12.2 Å². The molecule has 0 saturated carbocycles. The number of nitrogens with zero attached hydrogens (tertiary/aromatic N) is 1. The smallest absolute Gasteiger partial charge is 0.416 e. The summed E-state index contributed by atoms with van der Waals surface area (Å²) in [5.74, 6) is 1.90. The number of anilines is 1. The topological polar surface area (TPSA) is 34.2 Å². The molecule has 0 bridgehead atoms. The molecule has 4 rings (SSSR count). The zero-order chi connectivity index (χ0) is 22.3. The van der Waals surface area contributed by atoms with Gasteiger partial charge in [-0.3, -0.25) is 0 Å². The molecule has 31 heavy (non-hydrogen) atoms. The Kier molecular flexibility index (Phi) is 7.85. The molecule has 2 aromatic carbocycles. The van der Waals surface area contributed by atoms with Crippen LogP contribution in [0.5, 0.6) is 5.75 Å². The van der Waals surface area contributed by atoms with E-state index in [1.807, 2.05) is 25.3 Å². The zero-order valence-corrected chi connectivity index (χ0v) is 18.3. The van der Waals surface area contributed by atoms with Crippen molar-refractivity contribution in [3.63, 3.8) is 0 Å². The molecule has 3 nitrogen and oxygen atoms in total. The highest BCUT2D eigenvalue weighted by Crippen LogP contribution is 2.31. The SMILES string of the molecule is CCc1cccc(C(F)(F)F)c1.Cc1ccnc(NSc2ccc3c(c2)OCCC3)c1. The first-order valence-corrected chi connectivity index (χ1v) is 10.9. The summed E-state index contributed by atoms with van der Waals surface area (Å²) >= 11 is 1.56. The maximum atomic E-state index is 12.1. The second-order valence-electron chi connectivity index (χ2n) is 7.20. The van der Waals surface area contributed by atoms with E-state index >= 15 is 0 Å². The van der Waals surface area contributed by atoms with E-state index in [1.54, 1.807) is 18.0 Å². The summed E-state index contributed by atoms with van der Waals surface area (Å²) in [6.45, 7) is 4.72. The third-order valence-electron chi connectivity index (χ3n) is 4.74. The van der Waals surface area contributed by atoms with Gasteiger partial charge in [0.2, 0.25) is 0 Å². The molecule has 0 spiro atoms. The normalized spacial score (nSPS) is 12.8. The Hall–Kier alpha value is -2.67. The Bertz CT molecular complexity index is 1010. The molecule has 1 N–H and O–H groups in total. The molecule has 0 atom stereocenters. The van der Waals surface area contributed by atoms with Gasteiger partial charge in [0.25, 0.3) is 0 Å². The van der Waals surface area contributed by atoms with Gasteiger partial charge in [-0.1, -0.05) is 31.2 Å². The van der Waals surface area contributed by atoms with Crippen LogP contribution < -0.4 is 9.46 Å². The first kappa shape index (κ1) is 23.0. The van der Waals surface area contributed by atoms with E-state index in [2.05, 4.69) is 34.8 Å². The van der Waals surface area contributed by atoms with Gasteiger partial charge in [-0.25, -0.2) is 4.98 Å². The number of ether oxygens (including phenoxy) is 1. The second-order valence-corrected chi connectivity index (χ2v) is 8.08. The number of aryl methyl sites for hydroxylation is 3. The zero-order valence-electron chi connectivity index (χ0n) is 17.5. The van der Waals surface area contributed by atoms with E-state index in [1.165, 1.54) is 23.3 Å². The summed E-state index contributed by atoms with van der Waals surface area (Å²) in [6, 6.07) is 15.8. The maximum Gasteiger partial charge on any atom is 0.416 e. The van der Waals surface area contributed by atoms with Crippen molar-refractivity contribution in [1.29, 1.82) is 0 Å². The number of halogens is 3. The highest BCUT2D eigenvalue weighted by molar-refractivity contribution is 8.00. The first-order chi connectivity index (χ1) is 14.8. The van der Waals surface area contributed by atoms with Gasteiger partial charge in [-0.2, -0.15) is 13.2 Å². The van der Waals surface area contributed by atoms with Crippen LogP contribution in [0.3, 0.4) is 0 Å². The van der Waals surface area contributed by atoms with Crippen molar-refractivity contribution in [2.45, 2.75) is 44.2 Å². The van der Waals surface area contributed by atoms with Gasteiger partial charge in [0.15, 0.2) is 0 Å². The molecule has 1 aliphatic heterocycles. The van der Waals surface area contributed by atoms with Gasteiger partial charge in [-0.05, 0) is 85.2 Å². The third-order valence-corrected chi connectivity index (χ3v) is 5.54. The predicted octanol–water partition coefficient (Wildman–Crippen LogP) is 7.10. The molecule has 0 aliphatic carbocycles. The Morgan fingerprint density at radius 1 is 1.10 bits per heavy atom. The summed E-state index contributed by atoms with van der Waals surface area (Å²) in [5.41, 5.74) is 2.66. The minimum atomic E-state index is -4.22. The highest BCUT2D eigenvalue weighted by atomic mass is 32.2. The van der Waals surface area contributed by atoms with Crippen molar-refractivity contribution in [2.24, 2.45) is 0 Å². The van der Waals surface area contributed by atoms with Crippen LogP contribution in [0.2, 0.25) is 0 Å². The molecule has 0 saturated heterocycles. The van der Waals surface area contributed by atoms with Crippen LogP contribution >= 0.6 is 11.9 Å². The molecule has 0 fully saturated rings. The van der Waals surface area contributed by atoms with Crippen LogP contribution in [0.4, 0.5) is 19.0 Å². The number of hydrogen-bond donors (Lipinski definition) is 1. The fourth-order valence-electron chi connectivity index (χ4n) is 3.05. The quantitative estimate of drug-likeness (QED) is 0.433. The highest BCUT2D eigenvalue weighted by Gasteiger charge is 2.30. The van der Waals surface area contributed by atoms with Crippen molar-refractivity contribution < 1.29 is 17.9 Å². The molecule has 1 aliphatic rings. The Balaban J connectivity index is 0.000000196. The van der Waals surface area contributed by atoms with E-state index in [0.717, 1.165) is 42.0 Å². The van der Waals surface area contributed by atoms with Gasteiger partial charge >= 0.3 is 6.18 Å². The largest absolute Gasteiger partial charge is 0.493 e. The lowest BCUT2D eigenvalue weighted by Crippen LogP contribution is -2.08. The molecule has 1 aromatic heterocycles. The average molecular weight is 447 g/mol. The summed E-state index contributed by atoms with van der Waals surface area (Å²) in [7, 11) is 0. The van der Waals surface area contributed by atoms with E-state index in [0.29, 0.717) is 12.0 Å². The lowest BCUT2D eigenvalue weighted by Gasteiger charge is -2.17. The molecule has 0 amide bonds. The van der Waals surface area contributed by atoms with E-state index in [9.17, 15) is 13.2 Å². The van der Waals surface area contributed by atoms with E-state index < -0.39 is 11.7 Å². The van der Waals surface area contributed by atoms with Crippen molar-refractivity contribution in [3.05, 3.63) is 83.0 Å². The van der Waals surface area contributed by atoms with Crippen molar-refractivity contribution in [1.82, 2.24) is 4.98 Å². The standard InChI is InChI=1S/C15H16N2OS.C9H9F3/c1-11-6-7-16-15(9-11)17-19-13-5-4-12-3-2-8-18-14(12)10-13;1-2-7-4-3-5-8(6-7)9(10,11)12/h4-7,9-10H,2-3,8H2,1H3,(H,16,17);3-6H,2H2,1H3. The maximum absolute atomic E-state index is 12.1. The van der Waals surface area contributed by atoms with Crippen LogP contribution in [0.1, 0.15) is 35.6 Å². The van der Waals surface area contributed by atoms with Crippen molar-refractivity contribution in [3.8, 4) is 5.75 Å². The Morgan fingerprint density at radius 3 is 2.68 bits per heavy atom. The molecule has 7 heteroatoms. The van der Waals surface area contributed by atoms with Gasteiger partial charge in [0, 0.05) is 11.1 Å². The molecule has 164 valence electrons. The molecule has 0 unspecified atom stereocenters. The molecular formula is C24H25F3N2OS. The number of benzene rings is 2. The third kappa shape index (κ3) is 6.92. The van der Waals surface area contributed by atoms with E-state index in [-0.39, 0.29) is 0 Å². The van der Waals surface area contributed by atoms with Crippen LogP contribution in [0.15, 0.2) is 65.7 Å². The van der Waals surface area contributed by atoms with Crippen LogP contribution in [-0.4, -0.2) is 11.6 Å². The average Bonchev–Trinajstić information content (AvgIpc) is 2.77. The summed E-state index contributed by atoms with van der Waals surface area (Å²) in [5, 5.41) is 0. The lowest BCUT2D eigenvalue weighted by atomic mass is 10.1. The van der Waals surface area contributed by atoms with Crippen LogP contribution in [-0.2, 0) is 19.0 Å². The number of rotatable bonds is 4. The number of pyridine rings is 1. The van der Waals surface area contributed by atoms with Crippen molar-refractivity contribution in [2.75, 3.05) is 11.3 Å². The fraction of sp³-hybridized carbons (Fsp3) is 0.292. The fourth-order valence-corrected chi connectivity index (χ4v) is 3.69. The lowest BCUT2D eigenvalue weighted by molar-refractivity contribution is -0.137. The first-order valence-electron chi connectivity index (χ1n) is 10.1. The predicted molar refractivity (Wildman–Crippen MR) is 120 cm³/mol. The molecule has 0 radical (unpaired) electrons. The number of alkyl halides is 3. The minimum Gasteiger partial charge on any atom is -0.493 e. The monoisotopic (exact) mass is 446 g/mol. The summed E-state index contributed by atoms with van der Waals surface area (Å²) in [6.07, 6.45) is 0.460. The molecular weight excluding hydrogens is 421 g/mol. The Morgan fingerprint density at radius 2 is 1.94 bits per heavy atom. The number of hydrogen-bond acceptors (Lipinski definition) is 4. The van der Waals surface area contributed by atoms with Gasteiger partial charge < -0.3 is 9.46 Å². The van der Waals surface area contributed by atoms with Crippen LogP contribution in [0.25, 0.3) is 0 Å². The second kappa shape index (κ2) is 10.6. The summed E-state index contributed by atoms with van der Waals surface area (Å²) in [4.78, 5) is 5.42. The number of nitrogens with one attached hydrogen (secondary N) is 1. The van der Waals surface area contributed by atoms with Gasteiger partial charge in [-0.15, -0.1) is 0 Å². The van der Waals surface area contributed by atoms with Gasteiger partial charge in [0.1, 0.15) is 11.6 Å².